The quantitative estimate of drug-likeness (QED) is 0.363. The summed E-state index contributed by atoms with van der Waals surface area (Å²) in [6.45, 7) is 4.08. The van der Waals surface area contributed by atoms with Crippen LogP contribution < -0.4 is 0 Å². The average molecular weight is 636 g/mol. The Morgan fingerprint density at radius 3 is 2.39 bits per heavy atom. The molecule has 3 fully saturated rings. The number of hydrogen-bond acceptors (Lipinski definition) is 3. The molecule has 2 aromatic rings. The van der Waals surface area contributed by atoms with Gasteiger partial charge >= 0.3 is 0 Å². The largest absolute Gasteiger partial charge is 0.343 e. The third-order valence-electron chi connectivity index (χ3n) is 8.96. The van der Waals surface area contributed by atoms with Crippen LogP contribution in [-0.2, 0) is 17.6 Å². The molecule has 4 aliphatic rings. The van der Waals surface area contributed by atoms with Gasteiger partial charge in [0.2, 0.25) is 5.91 Å². The molecule has 0 N–H and O–H groups in total. The Bertz CT molecular complexity index is 1140. The maximum atomic E-state index is 13.2. The summed E-state index contributed by atoms with van der Waals surface area (Å²) >= 11 is 14.0. The first-order chi connectivity index (χ1) is 17.5. The lowest BCUT2D eigenvalue weighted by molar-refractivity contribution is -0.134. The van der Waals surface area contributed by atoms with Crippen molar-refractivity contribution in [1.82, 2.24) is 14.8 Å². The number of piperidine rings is 2. The fourth-order valence-electron chi connectivity index (χ4n) is 6.85. The van der Waals surface area contributed by atoms with E-state index in [1.807, 2.05) is 12.3 Å². The van der Waals surface area contributed by atoms with Gasteiger partial charge in [-0.3, -0.25) is 9.78 Å². The monoisotopic (exact) mass is 633 g/mol. The number of aromatic nitrogens is 1. The van der Waals surface area contributed by atoms with Crippen LogP contribution >= 0.6 is 43.5 Å². The van der Waals surface area contributed by atoms with Crippen LogP contribution in [0, 0.1) is 11.8 Å². The van der Waals surface area contributed by atoms with Crippen molar-refractivity contribution < 1.29 is 4.79 Å². The van der Waals surface area contributed by atoms with Gasteiger partial charge in [-0.25, -0.2) is 0 Å². The molecule has 1 atom stereocenters. The van der Waals surface area contributed by atoms with Crippen LogP contribution in [0.2, 0.25) is 5.02 Å². The number of benzene rings is 1. The summed E-state index contributed by atoms with van der Waals surface area (Å²) in [6, 6.07) is 7.27. The van der Waals surface area contributed by atoms with E-state index in [1.165, 1.54) is 61.2 Å². The minimum absolute atomic E-state index is 0.223. The van der Waals surface area contributed by atoms with Crippen LogP contribution in [-0.4, -0.2) is 52.9 Å². The minimum atomic E-state index is 0.223. The normalized spacial score (nSPS) is 23.8. The molecule has 1 amide bonds. The van der Waals surface area contributed by atoms with Crippen LogP contribution in [0.5, 0.6) is 0 Å². The fourth-order valence-corrected chi connectivity index (χ4v) is 8.35. The molecule has 2 aliphatic carbocycles. The number of rotatable bonds is 4. The number of amides is 1. The number of nitrogens with zero attached hydrogens (tertiary/aromatic N) is 3. The van der Waals surface area contributed by atoms with Gasteiger partial charge in [0.1, 0.15) is 0 Å². The van der Waals surface area contributed by atoms with Crippen molar-refractivity contribution in [3.05, 3.63) is 60.7 Å². The molecule has 7 heteroatoms. The second-order valence-corrected chi connectivity index (χ2v) is 13.5. The Kier molecular flexibility index (Phi) is 7.51. The van der Waals surface area contributed by atoms with Crippen molar-refractivity contribution in [3.8, 4) is 0 Å². The summed E-state index contributed by atoms with van der Waals surface area (Å²) in [5, 5.41) is 0.780. The van der Waals surface area contributed by atoms with Crippen molar-refractivity contribution in [1.29, 1.82) is 0 Å². The molecule has 4 nitrogen and oxygen atoms in total. The molecule has 1 aromatic heterocycles. The van der Waals surface area contributed by atoms with E-state index in [2.05, 4.69) is 53.8 Å². The Morgan fingerprint density at radius 2 is 1.67 bits per heavy atom. The van der Waals surface area contributed by atoms with Crippen LogP contribution in [0.3, 0.4) is 0 Å². The molecule has 0 radical (unpaired) electrons. The second-order valence-electron chi connectivity index (χ2n) is 11.3. The first kappa shape index (κ1) is 25.3. The third-order valence-corrected chi connectivity index (χ3v) is 10.3. The van der Waals surface area contributed by atoms with Crippen molar-refractivity contribution >= 4 is 49.4 Å². The zero-order valence-corrected chi connectivity index (χ0v) is 24.6. The lowest BCUT2D eigenvalue weighted by Gasteiger charge is -2.38. The SMILES string of the molecule is O=C(CC1CCN(C2CC2)CC1)N1CCC([C@H]2c3ncc(Br)cc3CCc3cc(Cl)cc(Br)c32)CC1. The maximum absolute atomic E-state index is 13.2. The minimum Gasteiger partial charge on any atom is -0.343 e. The number of pyridine rings is 1. The van der Waals surface area contributed by atoms with E-state index in [1.54, 1.807) is 0 Å². The molecule has 36 heavy (non-hydrogen) atoms. The van der Waals surface area contributed by atoms with Gasteiger partial charge in [0.05, 0.1) is 5.69 Å². The number of fused-ring (bicyclic) bond motifs is 2. The van der Waals surface area contributed by atoms with Gasteiger partial charge in [-0.2, -0.15) is 0 Å². The lowest BCUT2D eigenvalue weighted by Crippen LogP contribution is -2.42. The number of carbonyl (C=O) groups is 1. The molecule has 1 saturated carbocycles. The van der Waals surface area contributed by atoms with E-state index in [-0.39, 0.29) is 5.92 Å². The number of likely N-dealkylation sites (tertiary alicyclic amines) is 2. The van der Waals surface area contributed by atoms with Gasteiger partial charge in [-0.15, -0.1) is 0 Å². The van der Waals surface area contributed by atoms with E-state index < -0.39 is 0 Å². The third kappa shape index (κ3) is 5.30. The molecule has 0 bridgehead atoms. The molecular weight excluding hydrogens is 602 g/mol. The molecule has 6 rings (SSSR count). The van der Waals surface area contributed by atoms with Gasteiger partial charge in [0.25, 0.3) is 0 Å². The van der Waals surface area contributed by atoms with Crippen molar-refractivity contribution in [3.63, 3.8) is 0 Å². The highest BCUT2D eigenvalue weighted by molar-refractivity contribution is 9.10. The number of carbonyl (C=O) groups excluding carboxylic acids is 1. The van der Waals surface area contributed by atoms with Gasteiger partial charge in [0, 0.05) is 51.6 Å². The molecule has 3 heterocycles. The van der Waals surface area contributed by atoms with Crippen LogP contribution in [0.25, 0.3) is 0 Å². The molecule has 2 saturated heterocycles. The fraction of sp³-hybridized carbons (Fsp3) is 0.586. The molecule has 1 aromatic carbocycles. The molecule has 0 spiro atoms. The Balaban J connectivity index is 1.16. The number of hydrogen-bond donors (Lipinski definition) is 0. The Labute approximate surface area is 236 Å². The zero-order chi connectivity index (χ0) is 24.8. The Hall–Kier alpha value is -0.950. The van der Waals surface area contributed by atoms with Crippen LogP contribution in [0.15, 0.2) is 33.3 Å². The molecule has 192 valence electrons. The van der Waals surface area contributed by atoms with E-state index >= 15 is 0 Å². The smallest absolute Gasteiger partial charge is 0.222 e. The summed E-state index contributed by atoms with van der Waals surface area (Å²) < 4.78 is 2.12. The topological polar surface area (TPSA) is 36.4 Å². The van der Waals surface area contributed by atoms with Crippen LogP contribution in [0.4, 0.5) is 0 Å². The first-order valence-corrected chi connectivity index (χ1v) is 15.6. The van der Waals surface area contributed by atoms with E-state index in [0.29, 0.717) is 17.7 Å². The number of aryl methyl sites for hydroxylation is 2. The van der Waals surface area contributed by atoms with Gasteiger partial charge < -0.3 is 9.80 Å². The number of halogens is 3. The van der Waals surface area contributed by atoms with Gasteiger partial charge in [-0.05, 0) is 127 Å². The molecule has 0 unspecified atom stereocenters. The zero-order valence-electron chi connectivity index (χ0n) is 20.7. The predicted molar refractivity (Wildman–Crippen MR) is 152 cm³/mol. The van der Waals surface area contributed by atoms with Crippen molar-refractivity contribution in [2.45, 2.75) is 69.7 Å². The highest BCUT2D eigenvalue weighted by atomic mass is 79.9. The average Bonchev–Trinajstić information content (AvgIpc) is 3.72. The van der Waals surface area contributed by atoms with Gasteiger partial charge in [-0.1, -0.05) is 27.5 Å². The van der Waals surface area contributed by atoms with E-state index in [9.17, 15) is 4.79 Å². The molecular formula is C29H34Br2ClN3O. The van der Waals surface area contributed by atoms with E-state index in [4.69, 9.17) is 16.6 Å². The van der Waals surface area contributed by atoms with Gasteiger partial charge in [0.15, 0.2) is 0 Å². The summed E-state index contributed by atoms with van der Waals surface area (Å²) in [5.41, 5.74) is 5.20. The standard InChI is InChI=1S/C29H34Br2ClN3O/c30-22-14-21-2-1-20-15-23(32)16-25(31)27(20)28(29(21)33-17-22)19-7-11-35(12-8-19)26(36)13-18-5-9-34(10-6-18)24-3-4-24/h14-19,24,28H,1-13H2/t28-/m1/s1. The summed E-state index contributed by atoms with van der Waals surface area (Å²) in [5.74, 6) is 1.61. The highest BCUT2D eigenvalue weighted by Gasteiger charge is 2.37. The van der Waals surface area contributed by atoms with Crippen LogP contribution in [0.1, 0.15) is 73.2 Å². The van der Waals surface area contributed by atoms with Crippen molar-refractivity contribution in [2.24, 2.45) is 11.8 Å². The predicted octanol–water partition coefficient (Wildman–Crippen LogP) is 6.99. The first-order valence-electron chi connectivity index (χ1n) is 13.6. The maximum Gasteiger partial charge on any atom is 0.222 e. The summed E-state index contributed by atoms with van der Waals surface area (Å²) in [6.07, 6.45) is 11.8. The summed E-state index contributed by atoms with van der Waals surface area (Å²) in [4.78, 5) is 23.0. The highest BCUT2D eigenvalue weighted by Crippen LogP contribution is 2.46. The van der Waals surface area contributed by atoms with E-state index in [0.717, 1.165) is 65.2 Å². The van der Waals surface area contributed by atoms with Crippen molar-refractivity contribution in [2.75, 3.05) is 26.2 Å². The summed E-state index contributed by atoms with van der Waals surface area (Å²) in [7, 11) is 0. The Morgan fingerprint density at radius 1 is 0.944 bits per heavy atom. The lowest BCUT2D eigenvalue weighted by atomic mass is 9.76. The molecule has 2 aliphatic heterocycles. The second kappa shape index (κ2) is 10.7.